The number of benzene rings is 1. The molecular weight excluding hydrogens is 257 g/mol. The second kappa shape index (κ2) is 5.59. The van der Waals surface area contributed by atoms with Crippen molar-refractivity contribution in [3.8, 4) is 0 Å². The number of fused-ring (bicyclic) bond motifs is 1. The van der Waals surface area contributed by atoms with E-state index in [2.05, 4.69) is 19.2 Å². The monoisotopic (exact) mass is 273 g/mol. The van der Waals surface area contributed by atoms with Gasteiger partial charge in [-0.25, -0.2) is 4.39 Å². The van der Waals surface area contributed by atoms with E-state index in [1.54, 1.807) is 0 Å². The van der Waals surface area contributed by atoms with Crippen LogP contribution < -0.4 is 5.32 Å². The third-order valence-electron chi connectivity index (χ3n) is 3.14. The molecule has 1 aliphatic rings. The van der Waals surface area contributed by atoms with Gasteiger partial charge < -0.3 is 5.32 Å². The Kier molecular flexibility index (Phi) is 4.34. The van der Waals surface area contributed by atoms with Gasteiger partial charge in [-0.05, 0) is 30.2 Å². The first-order valence-electron chi connectivity index (χ1n) is 5.95. The number of halogens is 2. The van der Waals surface area contributed by atoms with Crippen LogP contribution in [0, 0.1) is 5.82 Å². The van der Waals surface area contributed by atoms with Gasteiger partial charge in [-0.15, -0.1) is 0 Å². The highest BCUT2D eigenvalue weighted by atomic mass is 35.5. The van der Waals surface area contributed by atoms with Gasteiger partial charge in [-0.3, -0.25) is 0 Å². The summed E-state index contributed by atoms with van der Waals surface area (Å²) >= 11 is 7.92. The summed E-state index contributed by atoms with van der Waals surface area (Å²) in [5.41, 5.74) is 2.13. The van der Waals surface area contributed by atoms with Crippen molar-refractivity contribution < 1.29 is 4.39 Å². The summed E-state index contributed by atoms with van der Waals surface area (Å²) in [6, 6.07) is 3.65. The van der Waals surface area contributed by atoms with Crippen LogP contribution in [0.1, 0.15) is 37.4 Å². The third-order valence-corrected chi connectivity index (χ3v) is 4.76. The normalized spacial score (nSPS) is 24.2. The van der Waals surface area contributed by atoms with E-state index in [1.807, 2.05) is 17.8 Å². The average Bonchev–Trinajstić information content (AvgIpc) is 2.45. The average molecular weight is 274 g/mol. The molecule has 4 heteroatoms. The molecule has 1 aromatic rings. The summed E-state index contributed by atoms with van der Waals surface area (Å²) in [5.74, 6) is 0.491. The topological polar surface area (TPSA) is 12.0 Å². The molecule has 2 atom stereocenters. The molecular formula is C13H17ClFNS. The van der Waals surface area contributed by atoms with E-state index in [-0.39, 0.29) is 11.9 Å². The van der Waals surface area contributed by atoms with Gasteiger partial charge >= 0.3 is 0 Å². The van der Waals surface area contributed by atoms with E-state index in [9.17, 15) is 4.39 Å². The van der Waals surface area contributed by atoms with Crippen LogP contribution in [0.15, 0.2) is 12.1 Å². The van der Waals surface area contributed by atoms with Gasteiger partial charge in [0.2, 0.25) is 0 Å². The summed E-state index contributed by atoms with van der Waals surface area (Å²) in [6.07, 6.45) is 1.06. The fraction of sp³-hybridized carbons (Fsp3) is 0.538. The molecule has 1 nitrogen and oxygen atoms in total. The first-order valence-corrected chi connectivity index (χ1v) is 7.38. The first-order chi connectivity index (χ1) is 8.13. The predicted molar refractivity (Wildman–Crippen MR) is 73.2 cm³/mol. The van der Waals surface area contributed by atoms with E-state index in [0.29, 0.717) is 10.3 Å². The van der Waals surface area contributed by atoms with Gasteiger partial charge in [0.1, 0.15) is 5.82 Å². The maximum absolute atomic E-state index is 13.5. The summed E-state index contributed by atoms with van der Waals surface area (Å²) in [5, 5.41) is 4.32. The molecule has 0 aromatic heterocycles. The molecule has 1 aromatic carbocycles. The molecule has 0 bridgehead atoms. The van der Waals surface area contributed by atoms with Crippen LogP contribution in [0.2, 0.25) is 5.02 Å². The van der Waals surface area contributed by atoms with Crippen molar-refractivity contribution in [1.29, 1.82) is 0 Å². The van der Waals surface area contributed by atoms with Crippen LogP contribution in [-0.4, -0.2) is 11.8 Å². The van der Waals surface area contributed by atoms with Crippen LogP contribution >= 0.6 is 23.4 Å². The van der Waals surface area contributed by atoms with Crippen molar-refractivity contribution in [2.24, 2.45) is 0 Å². The number of nitrogens with one attached hydrogen (secondary N) is 1. The lowest BCUT2D eigenvalue weighted by Gasteiger charge is -2.20. The van der Waals surface area contributed by atoms with Crippen LogP contribution in [0.3, 0.4) is 0 Å². The van der Waals surface area contributed by atoms with Crippen molar-refractivity contribution in [2.45, 2.75) is 37.3 Å². The number of hydrogen-bond donors (Lipinski definition) is 1. The van der Waals surface area contributed by atoms with Crippen LogP contribution in [0.4, 0.5) is 4.39 Å². The Labute approximate surface area is 111 Å². The zero-order valence-electron chi connectivity index (χ0n) is 10.1. The lowest BCUT2D eigenvalue weighted by atomic mass is 9.97. The quantitative estimate of drug-likeness (QED) is 0.869. The Morgan fingerprint density at radius 3 is 3.00 bits per heavy atom. The molecule has 0 fully saturated rings. The summed E-state index contributed by atoms with van der Waals surface area (Å²) < 4.78 is 13.5. The molecule has 94 valence electrons. The number of thioether (sulfide) groups is 1. The van der Waals surface area contributed by atoms with Crippen molar-refractivity contribution in [1.82, 2.24) is 5.32 Å². The highest BCUT2D eigenvalue weighted by Gasteiger charge is 2.24. The Bertz CT molecular complexity index is 411. The molecule has 1 heterocycles. The summed E-state index contributed by atoms with van der Waals surface area (Å²) in [7, 11) is 0. The van der Waals surface area contributed by atoms with Crippen LogP contribution in [-0.2, 0) is 5.75 Å². The molecule has 0 saturated carbocycles. The van der Waals surface area contributed by atoms with Gasteiger partial charge in [0.05, 0.1) is 5.02 Å². The molecule has 17 heavy (non-hydrogen) atoms. The van der Waals surface area contributed by atoms with Gasteiger partial charge in [0.25, 0.3) is 0 Å². The Morgan fingerprint density at radius 2 is 2.29 bits per heavy atom. The minimum Gasteiger partial charge on any atom is -0.310 e. The number of rotatable bonds is 2. The van der Waals surface area contributed by atoms with E-state index in [4.69, 9.17) is 11.6 Å². The minimum atomic E-state index is -0.309. The molecule has 0 radical (unpaired) electrons. The summed E-state index contributed by atoms with van der Waals surface area (Å²) in [6.45, 7) is 5.22. The summed E-state index contributed by atoms with van der Waals surface area (Å²) in [4.78, 5) is 0. The Balaban J connectivity index is 2.43. The van der Waals surface area contributed by atoms with Gasteiger partial charge in [-0.2, -0.15) is 11.8 Å². The molecule has 2 rings (SSSR count). The molecule has 0 spiro atoms. The zero-order chi connectivity index (χ0) is 12.4. The fourth-order valence-electron chi connectivity index (χ4n) is 2.27. The maximum atomic E-state index is 13.5. The van der Waals surface area contributed by atoms with Gasteiger partial charge in [-0.1, -0.05) is 31.5 Å². The van der Waals surface area contributed by atoms with Crippen molar-refractivity contribution in [3.63, 3.8) is 0 Å². The largest absolute Gasteiger partial charge is 0.310 e. The molecule has 0 aliphatic carbocycles. The van der Waals surface area contributed by atoms with E-state index in [0.717, 1.165) is 29.8 Å². The second-order valence-corrected chi connectivity index (χ2v) is 6.20. The van der Waals surface area contributed by atoms with E-state index >= 15 is 0 Å². The highest BCUT2D eigenvalue weighted by molar-refractivity contribution is 7.99. The van der Waals surface area contributed by atoms with E-state index < -0.39 is 0 Å². The smallest absolute Gasteiger partial charge is 0.142 e. The fourth-order valence-corrected chi connectivity index (χ4v) is 3.68. The molecule has 1 N–H and O–H groups in total. The van der Waals surface area contributed by atoms with Crippen molar-refractivity contribution >= 4 is 23.4 Å². The lowest BCUT2D eigenvalue weighted by Crippen LogP contribution is -2.23. The zero-order valence-corrected chi connectivity index (χ0v) is 11.7. The molecule has 0 saturated heterocycles. The Morgan fingerprint density at radius 1 is 1.53 bits per heavy atom. The molecule has 1 aliphatic heterocycles. The van der Waals surface area contributed by atoms with Gasteiger partial charge in [0.15, 0.2) is 0 Å². The third kappa shape index (κ3) is 2.78. The predicted octanol–water partition coefficient (Wildman–Crippen LogP) is 4.16. The van der Waals surface area contributed by atoms with Crippen LogP contribution in [0.5, 0.6) is 0 Å². The Hall–Kier alpha value is -0.250. The standard InChI is InChI=1S/C13H17ClFNS/c1-3-16-12-6-8(2)17-7-10-9(12)4-5-11(15)13(10)14/h4-5,8,12,16H,3,6-7H2,1-2H3. The first kappa shape index (κ1) is 13.2. The molecule has 2 unspecified atom stereocenters. The SMILES string of the molecule is CCNC1CC(C)SCc2c1ccc(F)c2Cl. The van der Waals surface area contributed by atoms with Gasteiger partial charge in [0, 0.05) is 17.0 Å². The maximum Gasteiger partial charge on any atom is 0.142 e. The lowest BCUT2D eigenvalue weighted by molar-refractivity contribution is 0.514. The van der Waals surface area contributed by atoms with E-state index in [1.165, 1.54) is 6.07 Å². The van der Waals surface area contributed by atoms with Crippen molar-refractivity contribution in [2.75, 3.05) is 6.54 Å². The highest BCUT2D eigenvalue weighted by Crippen LogP contribution is 2.38. The molecule has 0 amide bonds. The minimum absolute atomic E-state index is 0.290. The number of hydrogen-bond acceptors (Lipinski definition) is 2. The van der Waals surface area contributed by atoms with Crippen LogP contribution in [0.25, 0.3) is 0 Å². The van der Waals surface area contributed by atoms with Crippen molar-refractivity contribution in [3.05, 3.63) is 34.1 Å². The second-order valence-electron chi connectivity index (χ2n) is 4.40.